The van der Waals surface area contributed by atoms with Crippen molar-refractivity contribution in [3.05, 3.63) is 16.1 Å². The molecule has 1 aliphatic heterocycles. The van der Waals surface area contributed by atoms with Crippen molar-refractivity contribution in [2.24, 2.45) is 5.73 Å². The fourth-order valence-corrected chi connectivity index (χ4v) is 2.97. The summed E-state index contributed by atoms with van der Waals surface area (Å²) in [6.07, 6.45) is 2.42. The first-order valence-electron chi connectivity index (χ1n) is 6.30. The third-order valence-corrected chi connectivity index (χ3v) is 4.03. The van der Waals surface area contributed by atoms with Gasteiger partial charge < -0.3 is 10.6 Å². The van der Waals surface area contributed by atoms with Crippen molar-refractivity contribution in [1.29, 1.82) is 0 Å². The van der Waals surface area contributed by atoms with Gasteiger partial charge >= 0.3 is 0 Å². The number of hydrogen-bond donors (Lipinski definition) is 1. The number of hydrogen-bond acceptors (Lipinski definition) is 5. The molecular weight excluding hydrogens is 248 g/mol. The molecule has 1 aliphatic rings. The highest BCUT2D eigenvalue weighted by molar-refractivity contribution is 7.11. The van der Waals surface area contributed by atoms with Crippen LogP contribution < -0.4 is 5.73 Å². The Bertz CT molecular complexity index is 399. The fraction of sp³-hybridized carbons (Fsp3) is 0.667. The summed E-state index contributed by atoms with van der Waals surface area (Å²) in [5.74, 6) is 0.186. The Morgan fingerprint density at radius 1 is 1.44 bits per heavy atom. The minimum Gasteiger partial charge on any atom is -0.340 e. The number of thiazole rings is 1. The SMILES string of the molecule is Cc1ncc(CN2CCN(C(=O)CCN)CC2)s1. The first-order valence-corrected chi connectivity index (χ1v) is 7.12. The lowest BCUT2D eigenvalue weighted by atomic mass is 10.2. The fourth-order valence-electron chi connectivity index (χ4n) is 2.14. The largest absolute Gasteiger partial charge is 0.340 e. The Balaban J connectivity index is 1.78. The number of carbonyl (C=O) groups excluding carboxylic acids is 1. The van der Waals surface area contributed by atoms with Gasteiger partial charge in [0.25, 0.3) is 0 Å². The quantitative estimate of drug-likeness (QED) is 0.861. The summed E-state index contributed by atoms with van der Waals surface area (Å²) in [6.45, 7) is 6.93. The molecule has 2 rings (SSSR count). The highest BCUT2D eigenvalue weighted by atomic mass is 32.1. The second kappa shape index (κ2) is 6.26. The van der Waals surface area contributed by atoms with Crippen LogP contribution in [-0.2, 0) is 11.3 Å². The zero-order valence-corrected chi connectivity index (χ0v) is 11.6. The summed E-state index contributed by atoms with van der Waals surface area (Å²) < 4.78 is 0. The van der Waals surface area contributed by atoms with Gasteiger partial charge in [-0.05, 0) is 6.92 Å². The molecule has 0 bridgehead atoms. The highest BCUT2D eigenvalue weighted by Gasteiger charge is 2.20. The standard InChI is InChI=1S/C12H20N4OS/c1-10-14-8-11(18-10)9-15-4-6-16(7-5-15)12(17)2-3-13/h8H,2-7,9,13H2,1H3. The van der Waals surface area contributed by atoms with Crippen LogP contribution in [0.5, 0.6) is 0 Å². The van der Waals surface area contributed by atoms with Crippen LogP contribution in [0.15, 0.2) is 6.20 Å². The Labute approximate surface area is 112 Å². The second-order valence-corrected chi connectivity index (χ2v) is 5.86. The zero-order valence-electron chi connectivity index (χ0n) is 10.8. The van der Waals surface area contributed by atoms with E-state index in [0.717, 1.165) is 37.7 Å². The predicted molar refractivity (Wildman–Crippen MR) is 72.4 cm³/mol. The average molecular weight is 268 g/mol. The Morgan fingerprint density at radius 2 is 2.17 bits per heavy atom. The molecule has 5 nitrogen and oxygen atoms in total. The van der Waals surface area contributed by atoms with Gasteiger partial charge in [-0.15, -0.1) is 11.3 Å². The minimum atomic E-state index is 0.186. The van der Waals surface area contributed by atoms with Crippen LogP contribution in [0.3, 0.4) is 0 Å². The third kappa shape index (κ3) is 3.51. The molecule has 1 aromatic heterocycles. The summed E-state index contributed by atoms with van der Waals surface area (Å²) in [7, 11) is 0. The van der Waals surface area contributed by atoms with Crippen molar-refractivity contribution in [2.75, 3.05) is 32.7 Å². The molecule has 0 aliphatic carbocycles. The summed E-state index contributed by atoms with van der Waals surface area (Å²) in [5, 5.41) is 1.11. The smallest absolute Gasteiger partial charge is 0.223 e. The second-order valence-electron chi connectivity index (χ2n) is 4.54. The van der Waals surface area contributed by atoms with E-state index in [-0.39, 0.29) is 5.91 Å². The molecule has 1 saturated heterocycles. The molecule has 0 radical (unpaired) electrons. The van der Waals surface area contributed by atoms with Gasteiger partial charge in [0.2, 0.25) is 5.91 Å². The lowest BCUT2D eigenvalue weighted by Gasteiger charge is -2.34. The van der Waals surface area contributed by atoms with Gasteiger partial charge in [-0.1, -0.05) is 0 Å². The van der Waals surface area contributed by atoms with E-state index in [2.05, 4.69) is 9.88 Å². The van der Waals surface area contributed by atoms with E-state index >= 15 is 0 Å². The van der Waals surface area contributed by atoms with Crippen LogP contribution >= 0.6 is 11.3 Å². The number of aryl methyl sites for hydroxylation is 1. The number of carbonyl (C=O) groups is 1. The average Bonchev–Trinajstić information content (AvgIpc) is 2.76. The number of piperazine rings is 1. The van der Waals surface area contributed by atoms with Crippen LogP contribution in [-0.4, -0.2) is 53.4 Å². The normalized spacial score (nSPS) is 17.1. The topological polar surface area (TPSA) is 62.5 Å². The molecule has 1 amide bonds. The number of aromatic nitrogens is 1. The monoisotopic (exact) mass is 268 g/mol. The van der Waals surface area contributed by atoms with Crippen LogP contribution in [0.2, 0.25) is 0 Å². The van der Waals surface area contributed by atoms with Crippen molar-refractivity contribution in [1.82, 2.24) is 14.8 Å². The molecule has 100 valence electrons. The van der Waals surface area contributed by atoms with Crippen LogP contribution in [0.25, 0.3) is 0 Å². The van der Waals surface area contributed by atoms with Crippen LogP contribution in [0.1, 0.15) is 16.3 Å². The zero-order chi connectivity index (χ0) is 13.0. The number of amides is 1. The maximum Gasteiger partial charge on any atom is 0.223 e. The Hall–Kier alpha value is -0.980. The van der Waals surface area contributed by atoms with E-state index in [0.29, 0.717) is 13.0 Å². The van der Waals surface area contributed by atoms with Crippen molar-refractivity contribution >= 4 is 17.2 Å². The third-order valence-electron chi connectivity index (χ3n) is 3.13. The van der Waals surface area contributed by atoms with Crippen molar-refractivity contribution < 1.29 is 4.79 Å². The first kappa shape index (κ1) is 13.5. The molecule has 18 heavy (non-hydrogen) atoms. The highest BCUT2D eigenvalue weighted by Crippen LogP contribution is 2.15. The molecule has 0 aromatic carbocycles. The van der Waals surface area contributed by atoms with Gasteiger partial charge in [0.1, 0.15) is 0 Å². The molecule has 0 spiro atoms. The molecule has 0 saturated carbocycles. The Morgan fingerprint density at radius 3 is 2.72 bits per heavy atom. The van der Waals surface area contributed by atoms with Gasteiger partial charge in [0, 0.05) is 56.8 Å². The molecule has 2 heterocycles. The summed E-state index contributed by atoms with van der Waals surface area (Å²) in [5.41, 5.74) is 5.40. The molecule has 0 unspecified atom stereocenters. The van der Waals surface area contributed by atoms with Gasteiger partial charge in [-0.25, -0.2) is 4.98 Å². The predicted octanol–water partition coefficient (Wildman–Crippen LogP) is 0.445. The lowest BCUT2D eigenvalue weighted by molar-refractivity contribution is -0.132. The molecular formula is C12H20N4OS. The molecule has 2 N–H and O–H groups in total. The summed E-state index contributed by atoms with van der Waals surface area (Å²) in [4.78, 5) is 21.5. The molecule has 6 heteroatoms. The van der Waals surface area contributed by atoms with Crippen LogP contribution in [0.4, 0.5) is 0 Å². The maximum atomic E-state index is 11.7. The van der Waals surface area contributed by atoms with Crippen molar-refractivity contribution in [3.63, 3.8) is 0 Å². The van der Waals surface area contributed by atoms with E-state index in [1.807, 2.05) is 18.0 Å². The summed E-state index contributed by atoms with van der Waals surface area (Å²) in [6, 6.07) is 0. The number of nitrogens with zero attached hydrogens (tertiary/aromatic N) is 3. The van der Waals surface area contributed by atoms with Crippen molar-refractivity contribution in [2.45, 2.75) is 19.9 Å². The van der Waals surface area contributed by atoms with E-state index < -0.39 is 0 Å². The maximum absolute atomic E-state index is 11.7. The van der Waals surface area contributed by atoms with Crippen LogP contribution in [0, 0.1) is 6.92 Å². The molecule has 1 aromatic rings. The lowest BCUT2D eigenvalue weighted by Crippen LogP contribution is -2.48. The van der Waals surface area contributed by atoms with E-state index in [4.69, 9.17) is 5.73 Å². The molecule has 1 fully saturated rings. The van der Waals surface area contributed by atoms with Gasteiger partial charge in [0.05, 0.1) is 5.01 Å². The van der Waals surface area contributed by atoms with E-state index in [1.165, 1.54) is 4.88 Å². The first-order chi connectivity index (χ1) is 8.69. The van der Waals surface area contributed by atoms with Gasteiger partial charge in [-0.2, -0.15) is 0 Å². The van der Waals surface area contributed by atoms with E-state index in [9.17, 15) is 4.79 Å². The summed E-state index contributed by atoms with van der Waals surface area (Å²) >= 11 is 1.75. The number of nitrogens with two attached hydrogens (primary N) is 1. The number of rotatable bonds is 4. The van der Waals surface area contributed by atoms with Gasteiger partial charge in [0.15, 0.2) is 0 Å². The van der Waals surface area contributed by atoms with Crippen molar-refractivity contribution in [3.8, 4) is 0 Å². The minimum absolute atomic E-state index is 0.186. The molecule has 0 atom stereocenters. The Kier molecular flexibility index (Phi) is 4.68. The van der Waals surface area contributed by atoms with Gasteiger partial charge in [-0.3, -0.25) is 9.69 Å². The van der Waals surface area contributed by atoms with E-state index in [1.54, 1.807) is 11.3 Å².